The predicted octanol–water partition coefficient (Wildman–Crippen LogP) is 3.43. The molecule has 0 bridgehead atoms. The van der Waals surface area contributed by atoms with E-state index in [9.17, 15) is 4.39 Å². The highest BCUT2D eigenvalue weighted by Crippen LogP contribution is 2.31. The lowest BCUT2D eigenvalue weighted by Gasteiger charge is -1.98. The van der Waals surface area contributed by atoms with E-state index in [0.29, 0.717) is 25.2 Å². The van der Waals surface area contributed by atoms with Crippen LogP contribution in [0.5, 0.6) is 0 Å². The summed E-state index contributed by atoms with van der Waals surface area (Å²) >= 11 is 5.21. The molecule has 0 spiro atoms. The van der Waals surface area contributed by atoms with Crippen LogP contribution in [0.2, 0.25) is 0 Å². The Morgan fingerprint density at radius 1 is 1.40 bits per heavy atom. The molecule has 0 saturated heterocycles. The lowest BCUT2D eigenvalue weighted by molar-refractivity contribution is 0.435. The second kappa shape index (κ2) is 4.09. The number of benzene rings is 1. The molecule has 1 aromatic heterocycles. The third-order valence-corrected chi connectivity index (χ3v) is 3.28. The molecule has 0 unspecified atom stereocenters. The normalized spacial score (nSPS) is 10.6. The summed E-state index contributed by atoms with van der Waals surface area (Å²) in [5.41, 5.74) is 6.14. The smallest absolute Gasteiger partial charge is 0.182 e. The Hall–Kier alpha value is -0.630. The van der Waals surface area contributed by atoms with Gasteiger partial charge in [-0.15, -0.1) is 0 Å². The molecule has 0 saturated carbocycles. The van der Waals surface area contributed by atoms with Gasteiger partial charge >= 0.3 is 0 Å². The van der Waals surface area contributed by atoms with Gasteiger partial charge in [0.15, 0.2) is 11.6 Å². The standard InChI is InChI=1S/C9H5BrFIN2O/c10-5-1-4(2-6(11)3-5)8-7(12)9(13)14-15-8/h1-3H,(H2,13,14). The van der Waals surface area contributed by atoms with Crippen molar-refractivity contribution in [2.45, 2.75) is 0 Å². The number of rotatable bonds is 1. The van der Waals surface area contributed by atoms with Gasteiger partial charge in [-0.25, -0.2) is 4.39 Å². The van der Waals surface area contributed by atoms with E-state index in [1.54, 1.807) is 6.07 Å². The van der Waals surface area contributed by atoms with Crippen LogP contribution in [0.25, 0.3) is 11.3 Å². The topological polar surface area (TPSA) is 52.0 Å². The number of hydrogen-bond donors (Lipinski definition) is 1. The highest BCUT2D eigenvalue weighted by Gasteiger charge is 2.14. The van der Waals surface area contributed by atoms with Crippen molar-refractivity contribution in [2.24, 2.45) is 0 Å². The van der Waals surface area contributed by atoms with E-state index >= 15 is 0 Å². The molecule has 0 fully saturated rings. The maximum atomic E-state index is 13.1. The van der Waals surface area contributed by atoms with Crippen LogP contribution >= 0.6 is 38.5 Å². The average molecular weight is 383 g/mol. The maximum Gasteiger partial charge on any atom is 0.182 e. The van der Waals surface area contributed by atoms with Gasteiger partial charge in [-0.2, -0.15) is 0 Å². The summed E-state index contributed by atoms with van der Waals surface area (Å²) in [6, 6.07) is 4.48. The van der Waals surface area contributed by atoms with E-state index < -0.39 is 0 Å². The highest BCUT2D eigenvalue weighted by molar-refractivity contribution is 14.1. The van der Waals surface area contributed by atoms with Gasteiger partial charge in [0.05, 0.1) is 0 Å². The molecular formula is C9H5BrFIN2O. The average Bonchev–Trinajstić information content (AvgIpc) is 2.46. The molecule has 78 valence electrons. The zero-order valence-corrected chi connectivity index (χ0v) is 11.0. The zero-order valence-electron chi connectivity index (χ0n) is 7.30. The molecule has 15 heavy (non-hydrogen) atoms. The molecule has 1 heterocycles. The second-order valence-corrected chi connectivity index (χ2v) is 4.86. The van der Waals surface area contributed by atoms with Gasteiger partial charge in [-0.3, -0.25) is 0 Å². The van der Waals surface area contributed by atoms with Gasteiger partial charge in [0.25, 0.3) is 0 Å². The van der Waals surface area contributed by atoms with E-state index in [-0.39, 0.29) is 5.82 Å². The molecule has 0 aliphatic heterocycles. The van der Waals surface area contributed by atoms with Crippen LogP contribution < -0.4 is 5.73 Å². The van der Waals surface area contributed by atoms with Gasteiger partial charge in [0.2, 0.25) is 0 Å². The number of hydrogen-bond acceptors (Lipinski definition) is 3. The number of nitrogen functional groups attached to an aromatic ring is 1. The monoisotopic (exact) mass is 382 g/mol. The molecule has 0 radical (unpaired) electrons. The number of halogens is 3. The molecule has 2 N–H and O–H groups in total. The number of anilines is 1. The summed E-state index contributed by atoms with van der Waals surface area (Å²) in [4.78, 5) is 0. The third kappa shape index (κ3) is 2.15. The lowest BCUT2D eigenvalue weighted by Crippen LogP contribution is -1.86. The quantitative estimate of drug-likeness (QED) is 0.769. The Morgan fingerprint density at radius 2 is 2.13 bits per heavy atom. The lowest BCUT2D eigenvalue weighted by atomic mass is 10.2. The van der Waals surface area contributed by atoms with E-state index in [1.165, 1.54) is 12.1 Å². The summed E-state index contributed by atoms with van der Waals surface area (Å²) in [6.07, 6.45) is 0. The van der Waals surface area contributed by atoms with Crippen LogP contribution in [0.4, 0.5) is 10.2 Å². The summed E-state index contributed by atoms with van der Waals surface area (Å²) in [5.74, 6) is 0.449. The number of nitrogens with zero attached hydrogens (tertiary/aromatic N) is 1. The van der Waals surface area contributed by atoms with Crippen molar-refractivity contribution in [3.63, 3.8) is 0 Å². The van der Waals surface area contributed by atoms with E-state index in [2.05, 4.69) is 21.1 Å². The molecular weight excluding hydrogens is 378 g/mol. The Kier molecular flexibility index (Phi) is 2.96. The first-order chi connectivity index (χ1) is 7.08. The first-order valence-electron chi connectivity index (χ1n) is 3.95. The summed E-state index contributed by atoms with van der Waals surface area (Å²) in [7, 11) is 0. The van der Waals surface area contributed by atoms with Crippen LogP contribution in [0.3, 0.4) is 0 Å². The molecule has 1 aromatic carbocycles. The Balaban J connectivity index is 2.58. The predicted molar refractivity (Wildman–Crippen MR) is 66.7 cm³/mol. The molecule has 2 aromatic rings. The minimum absolute atomic E-state index is 0.311. The van der Waals surface area contributed by atoms with E-state index in [1.807, 2.05) is 22.6 Å². The second-order valence-electron chi connectivity index (χ2n) is 2.87. The molecule has 0 aliphatic rings. The van der Waals surface area contributed by atoms with Gasteiger partial charge in [-0.1, -0.05) is 21.1 Å². The first-order valence-corrected chi connectivity index (χ1v) is 5.82. The van der Waals surface area contributed by atoms with Crippen molar-refractivity contribution in [1.29, 1.82) is 0 Å². The van der Waals surface area contributed by atoms with Crippen molar-refractivity contribution in [3.05, 3.63) is 32.1 Å². The summed E-state index contributed by atoms with van der Waals surface area (Å²) in [5, 5.41) is 3.61. The fourth-order valence-electron chi connectivity index (χ4n) is 1.16. The summed E-state index contributed by atoms with van der Waals surface area (Å²) < 4.78 is 19.5. The van der Waals surface area contributed by atoms with Crippen LogP contribution in [0, 0.1) is 9.39 Å². The molecule has 2 rings (SSSR count). The fourth-order valence-corrected chi connectivity index (χ4v) is 2.13. The number of nitrogens with two attached hydrogens (primary N) is 1. The Bertz CT molecular complexity index is 495. The van der Waals surface area contributed by atoms with E-state index in [4.69, 9.17) is 10.3 Å². The minimum Gasteiger partial charge on any atom is -0.380 e. The molecule has 0 amide bonds. The maximum absolute atomic E-state index is 13.1. The molecule has 6 heteroatoms. The van der Waals surface area contributed by atoms with Gasteiger partial charge in [0, 0.05) is 10.0 Å². The van der Waals surface area contributed by atoms with Gasteiger partial charge in [0.1, 0.15) is 9.39 Å². The number of aromatic nitrogens is 1. The van der Waals surface area contributed by atoms with Crippen LogP contribution in [0.1, 0.15) is 0 Å². The third-order valence-electron chi connectivity index (χ3n) is 1.78. The SMILES string of the molecule is Nc1noc(-c2cc(F)cc(Br)c2)c1I. The van der Waals surface area contributed by atoms with Gasteiger partial charge in [-0.05, 0) is 40.8 Å². The van der Waals surface area contributed by atoms with Crippen LogP contribution in [0.15, 0.2) is 27.2 Å². The molecule has 0 atom stereocenters. The van der Waals surface area contributed by atoms with E-state index in [0.717, 1.165) is 0 Å². The highest BCUT2D eigenvalue weighted by atomic mass is 127. The fraction of sp³-hybridized carbons (Fsp3) is 0. The first kappa shape index (κ1) is 10.9. The Labute approximate surface area is 107 Å². The Morgan fingerprint density at radius 3 is 2.67 bits per heavy atom. The minimum atomic E-state index is -0.342. The van der Waals surface area contributed by atoms with Crippen LogP contribution in [-0.2, 0) is 0 Å². The zero-order chi connectivity index (χ0) is 11.0. The van der Waals surface area contributed by atoms with Crippen molar-refractivity contribution >= 4 is 44.3 Å². The summed E-state index contributed by atoms with van der Waals surface area (Å²) in [6.45, 7) is 0. The molecule has 0 aliphatic carbocycles. The van der Waals surface area contributed by atoms with Crippen molar-refractivity contribution in [1.82, 2.24) is 5.16 Å². The van der Waals surface area contributed by atoms with Gasteiger partial charge < -0.3 is 10.3 Å². The largest absolute Gasteiger partial charge is 0.380 e. The van der Waals surface area contributed by atoms with Crippen molar-refractivity contribution in [3.8, 4) is 11.3 Å². The van der Waals surface area contributed by atoms with Crippen molar-refractivity contribution in [2.75, 3.05) is 5.73 Å². The molecule has 3 nitrogen and oxygen atoms in total. The van der Waals surface area contributed by atoms with Crippen LogP contribution in [-0.4, -0.2) is 5.16 Å². The van der Waals surface area contributed by atoms with Crippen molar-refractivity contribution < 1.29 is 8.91 Å².